The molecule has 0 aromatic heterocycles. The van der Waals surface area contributed by atoms with Crippen molar-refractivity contribution in [3.63, 3.8) is 0 Å². The first kappa shape index (κ1) is 25.1. The van der Waals surface area contributed by atoms with Gasteiger partial charge in [0.05, 0.1) is 37.5 Å². The molecule has 11 N–H and O–H groups in total. The molecule has 28 heavy (non-hydrogen) atoms. The highest BCUT2D eigenvalue weighted by atomic mass is 16.7. The number of nitrogens with two attached hydrogens (primary N) is 2. The van der Waals surface area contributed by atoms with Gasteiger partial charge in [-0.05, 0) is 6.42 Å². The Balaban J connectivity index is 2.94. The van der Waals surface area contributed by atoms with Crippen molar-refractivity contribution in [1.29, 1.82) is 0 Å². The largest absolute Gasteiger partial charge is 0.394 e. The van der Waals surface area contributed by atoms with Crippen LogP contribution in [0.5, 0.6) is 0 Å². The molecular formula is C16H33N3O9. The first-order valence-corrected chi connectivity index (χ1v) is 9.21. The lowest BCUT2D eigenvalue weighted by Gasteiger charge is -2.44. The second kappa shape index (κ2) is 11.9. The maximum Gasteiger partial charge on any atom is 0.220 e. The summed E-state index contributed by atoms with van der Waals surface area (Å²) < 4.78 is 10.9. The fourth-order valence-electron chi connectivity index (χ4n) is 2.93. The molecule has 0 aromatic carbocycles. The molecule has 1 saturated heterocycles. The highest BCUT2D eigenvalue weighted by Gasteiger charge is 2.47. The van der Waals surface area contributed by atoms with Gasteiger partial charge in [0.15, 0.2) is 6.29 Å². The van der Waals surface area contributed by atoms with Gasteiger partial charge in [0.2, 0.25) is 5.91 Å². The average Bonchev–Trinajstić information content (AvgIpc) is 2.69. The van der Waals surface area contributed by atoms with Gasteiger partial charge in [0, 0.05) is 13.0 Å². The minimum Gasteiger partial charge on any atom is -0.394 e. The molecule has 1 fully saturated rings. The normalized spacial score (nSPS) is 32.4. The first-order valence-electron chi connectivity index (χ1n) is 9.21. The Kier molecular flexibility index (Phi) is 10.7. The lowest BCUT2D eigenvalue weighted by Crippen LogP contribution is -2.66. The smallest absolute Gasteiger partial charge is 0.220 e. The Hall–Kier alpha value is -0.930. The number of hydrogen-bond acceptors (Lipinski definition) is 11. The molecular weight excluding hydrogens is 378 g/mol. The molecule has 12 nitrogen and oxygen atoms in total. The van der Waals surface area contributed by atoms with Crippen LogP contribution in [0, 0.1) is 0 Å². The maximum atomic E-state index is 11.8. The van der Waals surface area contributed by atoms with Crippen LogP contribution in [0.4, 0.5) is 0 Å². The summed E-state index contributed by atoms with van der Waals surface area (Å²) in [5.41, 5.74) is 11.2. The van der Waals surface area contributed by atoms with Crippen LogP contribution >= 0.6 is 0 Å². The molecule has 0 saturated carbocycles. The summed E-state index contributed by atoms with van der Waals surface area (Å²) in [4.78, 5) is 11.8. The van der Waals surface area contributed by atoms with E-state index in [2.05, 4.69) is 5.32 Å². The Labute approximate surface area is 163 Å². The van der Waals surface area contributed by atoms with Crippen molar-refractivity contribution >= 4 is 5.91 Å². The van der Waals surface area contributed by atoms with Gasteiger partial charge in [-0.2, -0.15) is 0 Å². The molecule has 166 valence electrons. The highest BCUT2D eigenvalue weighted by molar-refractivity contribution is 5.76. The third-order valence-electron chi connectivity index (χ3n) is 4.61. The van der Waals surface area contributed by atoms with E-state index >= 15 is 0 Å². The van der Waals surface area contributed by atoms with E-state index in [9.17, 15) is 30.3 Å². The van der Waals surface area contributed by atoms with Crippen molar-refractivity contribution in [2.45, 2.75) is 74.8 Å². The number of aliphatic hydroxyl groups is 6. The van der Waals surface area contributed by atoms with E-state index in [1.807, 2.05) is 0 Å². The second-order valence-electron chi connectivity index (χ2n) is 6.78. The number of carbonyl (C=O) groups excluding carboxylic acids is 1. The number of ether oxygens (including phenoxy) is 2. The quantitative estimate of drug-likeness (QED) is 0.157. The van der Waals surface area contributed by atoms with Crippen molar-refractivity contribution in [2.75, 3.05) is 19.8 Å². The zero-order valence-corrected chi connectivity index (χ0v) is 15.8. The number of amides is 1. The molecule has 12 heteroatoms. The molecule has 0 radical (unpaired) electrons. The van der Waals surface area contributed by atoms with Crippen molar-refractivity contribution in [3.8, 4) is 0 Å². The van der Waals surface area contributed by atoms with Crippen LogP contribution in [0.1, 0.15) is 19.8 Å². The van der Waals surface area contributed by atoms with Gasteiger partial charge in [-0.3, -0.25) is 4.79 Å². The topological polar surface area (TPSA) is 221 Å². The van der Waals surface area contributed by atoms with Gasteiger partial charge < -0.3 is 56.9 Å². The third kappa shape index (κ3) is 6.29. The molecule has 1 rings (SSSR count). The van der Waals surface area contributed by atoms with Crippen molar-refractivity contribution in [2.24, 2.45) is 11.5 Å². The maximum absolute atomic E-state index is 11.8. The van der Waals surface area contributed by atoms with Crippen LogP contribution in [-0.4, -0.2) is 111 Å². The monoisotopic (exact) mass is 411 g/mol. The third-order valence-corrected chi connectivity index (χ3v) is 4.61. The average molecular weight is 411 g/mol. The van der Waals surface area contributed by atoms with Gasteiger partial charge in [0.1, 0.15) is 24.4 Å². The van der Waals surface area contributed by atoms with Crippen LogP contribution in [-0.2, 0) is 14.3 Å². The fraction of sp³-hybridized carbons (Fsp3) is 0.938. The Morgan fingerprint density at radius 1 is 1.21 bits per heavy atom. The summed E-state index contributed by atoms with van der Waals surface area (Å²) in [5, 5.41) is 61.6. The molecule has 9 unspecified atom stereocenters. The number of nitrogens with one attached hydrogen (secondary N) is 1. The molecule has 1 amide bonds. The standard InChI is InChI=1S/C16H33N3O9/c1-2-3-10(24)19-12-9(6-21)27-16(14(26)13(12)25)28-15(7(22)4-17)11(18)8(23)5-20/h7-9,11-16,20-23,25-26H,2-6,17-18H2,1H3,(H,19,24). The minimum atomic E-state index is -1.67. The summed E-state index contributed by atoms with van der Waals surface area (Å²) in [6.07, 6.45) is -9.30. The predicted molar refractivity (Wildman–Crippen MR) is 95.6 cm³/mol. The number of hydrogen-bond donors (Lipinski definition) is 9. The predicted octanol–water partition coefficient (Wildman–Crippen LogP) is -4.90. The van der Waals surface area contributed by atoms with Gasteiger partial charge in [-0.15, -0.1) is 0 Å². The molecule has 9 atom stereocenters. The van der Waals surface area contributed by atoms with Crippen LogP contribution < -0.4 is 16.8 Å². The first-order chi connectivity index (χ1) is 13.2. The number of aliphatic hydroxyl groups excluding tert-OH is 6. The Morgan fingerprint density at radius 2 is 1.86 bits per heavy atom. The molecule has 1 heterocycles. The zero-order valence-electron chi connectivity index (χ0n) is 15.8. The van der Waals surface area contributed by atoms with E-state index < -0.39 is 68.2 Å². The van der Waals surface area contributed by atoms with E-state index in [1.165, 1.54) is 0 Å². The summed E-state index contributed by atoms with van der Waals surface area (Å²) in [5.74, 6) is -0.385. The molecule has 1 aliphatic heterocycles. The number of rotatable bonds is 11. The van der Waals surface area contributed by atoms with Gasteiger partial charge >= 0.3 is 0 Å². The van der Waals surface area contributed by atoms with E-state index in [4.69, 9.17) is 26.0 Å². The molecule has 0 spiro atoms. The lowest BCUT2D eigenvalue weighted by atomic mass is 9.95. The summed E-state index contributed by atoms with van der Waals surface area (Å²) >= 11 is 0. The van der Waals surface area contributed by atoms with Gasteiger partial charge in [-0.1, -0.05) is 6.92 Å². The van der Waals surface area contributed by atoms with E-state index in [0.29, 0.717) is 6.42 Å². The SMILES string of the molecule is CCCC(=O)NC1C(CO)OC(OC(C(O)CN)C(N)C(O)CO)C(O)C1O. The molecule has 1 aliphatic rings. The lowest BCUT2D eigenvalue weighted by molar-refractivity contribution is -0.302. The summed E-state index contributed by atoms with van der Waals surface area (Å²) in [6, 6.07) is -2.38. The zero-order chi connectivity index (χ0) is 21.4. The van der Waals surface area contributed by atoms with Crippen molar-refractivity contribution in [1.82, 2.24) is 5.32 Å². The van der Waals surface area contributed by atoms with Crippen molar-refractivity contribution in [3.05, 3.63) is 0 Å². The van der Waals surface area contributed by atoms with Crippen LogP contribution in [0.25, 0.3) is 0 Å². The van der Waals surface area contributed by atoms with Crippen LogP contribution in [0.2, 0.25) is 0 Å². The van der Waals surface area contributed by atoms with Gasteiger partial charge in [-0.25, -0.2) is 0 Å². The van der Waals surface area contributed by atoms with E-state index in [-0.39, 0.29) is 18.9 Å². The Bertz CT molecular complexity index is 471. The van der Waals surface area contributed by atoms with Gasteiger partial charge in [0.25, 0.3) is 0 Å². The number of carbonyl (C=O) groups is 1. The second-order valence-corrected chi connectivity index (χ2v) is 6.78. The summed E-state index contributed by atoms with van der Waals surface area (Å²) in [6.45, 7) is 0.180. The fourth-order valence-corrected chi connectivity index (χ4v) is 2.93. The van der Waals surface area contributed by atoms with E-state index in [0.717, 1.165) is 0 Å². The molecule has 0 aromatic rings. The van der Waals surface area contributed by atoms with Crippen molar-refractivity contribution < 1.29 is 44.9 Å². The van der Waals surface area contributed by atoms with Crippen LogP contribution in [0.3, 0.4) is 0 Å². The van der Waals surface area contributed by atoms with Crippen LogP contribution in [0.15, 0.2) is 0 Å². The van der Waals surface area contributed by atoms with E-state index in [1.54, 1.807) is 6.92 Å². The Morgan fingerprint density at radius 3 is 2.36 bits per heavy atom. The molecule has 0 aliphatic carbocycles. The minimum absolute atomic E-state index is 0.191. The summed E-state index contributed by atoms with van der Waals surface area (Å²) in [7, 11) is 0. The molecule has 0 bridgehead atoms. The highest BCUT2D eigenvalue weighted by Crippen LogP contribution is 2.25.